The summed E-state index contributed by atoms with van der Waals surface area (Å²) in [5.74, 6) is 0. The molecule has 5 rings (SSSR count). The number of rotatable bonds is 4. The Bertz CT molecular complexity index is 1490. The van der Waals surface area contributed by atoms with Crippen LogP contribution in [0.1, 0.15) is 0 Å². The smallest absolute Gasteiger partial charge is 0.316 e. The minimum atomic E-state index is -3.97. The van der Waals surface area contributed by atoms with Crippen LogP contribution < -0.4 is 4.74 Å². The highest BCUT2D eigenvalue weighted by molar-refractivity contribution is 7.90. The van der Waals surface area contributed by atoms with E-state index in [1.165, 1.54) is 11.1 Å². The van der Waals surface area contributed by atoms with Gasteiger partial charge in [-0.3, -0.25) is 4.98 Å². The summed E-state index contributed by atoms with van der Waals surface area (Å²) in [4.78, 5) is 17.0. The molecule has 0 spiro atoms. The summed E-state index contributed by atoms with van der Waals surface area (Å²) in [6.45, 7) is 0. The number of ether oxygens (including phenoxy) is 1. The van der Waals surface area contributed by atoms with Crippen LogP contribution in [0.2, 0.25) is 0 Å². The second-order valence-corrected chi connectivity index (χ2v) is 8.29. The van der Waals surface area contributed by atoms with Gasteiger partial charge in [-0.15, -0.1) is 0 Å². The fourth-order valence-electron chi connectivity index (χ4n) is 3.40. The molecule has 0 aliphatic carbocycles. The van der Waals surface area contributed by atoms with Crippen LogP contribution in [-0.2, 0) is 10.0 Å². The van der Waals surface area contributed by atoms with Crippen molar-refractivity contribution in [2.75, 3.05) is 7.11 Å². The third-order valence-electron chi connectivity index (χ3n) is 4.79. The van der Waals surface area contributed by atoms with E-state index in [9.17, 15) is 8.42 Å². The average Bonchev–Trinajstić information content (AvgIpc) is 3.19. The van der Waals surface area contributed by atoms with Gasteiger partial charge in [0.15, 0.2) is 5.65 Å². The summed E-state index contributed by atoms with van der Waals surface area (Å²) in [7, 11) is -2.48. The van der Waals surface area contributed by atoms with Gasteiger partial charge in [-0.05, 0) is 24.3 Å². The normalized spacial score (nSPS) is 11.8. The van der Waals surface area contributed by atoms with E-state index in [2.05, 4.69) is 19.9 Å². The number of nitrogens with zero attached hydrogens (tertiary/aromatic N) is 5. The summed E-state index contributed by atoms with van der Waals surface area (Å²) < 4.78 is 33.5. The molecule has 0 fully saturated rings. The Labute approximate surface area is 171 Å². The SMILES string of the molecule is COc1ncc(-c2cn(S(=O)(=O)c3cccc4cccnc34)c3ncccc23)cn1. The third-order valence-corrected chi connectivity index (χ3v) is 6.47. The van der Waals surface area contributed by atoms with E-state index in [1.807, 2.05) is 18.2 Å². The number of aromatic nitrogens is 5. The molecule has 4 aromatic heterocycles. The highest BCUT2D eigenvalue weighted by atomic mass is 32.2. The standard InChI is InChI=1S/C21H15N5O3S/c1-29-21-24-11-15(12-25-21)17-13-26(20-16(17)7-4-10-23-20)30(27,28)18-8-2-5-14-6-3-9-22-19(14)18/h2-13H,1H3. The predicted octanol–water partition coefficient (Wildman–Crippen LogP) is 3.29. The molecular formula is C21H15N5O3S. The fraction of sp³-hybridized carbons (Fsp3) is 0.0476. The number of hydrogen-bond donors (Lipinski definition) is 0. The average molecular weight is 417 g/mol. The number of fused-ring (bicyclic) bond motifs is 2. The first-order valence-electron chi connectivity index (χ1n) is 9.01. The van der Waals surface area contributed by atoms with Crippen molar-refractivity contribution in [1.82, 2.24) is 23.9 Å². The Morgan fingerprint density at radius 3 is 2.43 bits per heavy atom. The Kier molecular flexibility index (Phi) is 4.18. The van der Waals surface area contributed by atoms with Crippen molar-refractivity contribution >= 4 is 32.0 Å². The largest absolute Gasteiger partial charge is 0.467 e. The van der Waals surface area contributed by atoms with Crippen LogP contribution in [-0.4, -0.2) is 39.4 Å². The van der Waals surface area contributed by atoms with E-state index in [0.717, 1.165) is 5.39 Å². The van der Waals surface area contributed by atoms with Crippen molar-refractivity contribution < 1.29 is 13.2 Å². The lowest BCUT2D eigenvalue weighted by Gasteiger charge is -2.09. The minimum absolute atomic E-state index is 0.112. The van der Waals surface area contributed by atoms with Crippen LogP contribution in [0.3, 0.4) is 0 Å². The minimum Gasteiger partial charge on any atom is -0.467 e. The predicted molar refractivity (Wildman–Crippen MR) is 112 cm³/mol. The van der Waals surface area contributed by atoms with Gasteiger partial charge in [0.25, 0.3) is 10.0 Å². The van der Waals surface area contributed by atoms with Crippen molar-refractivity contribution in [2.45, 2.75) is 4.90 Å². The monoisotopic (exact) mass is 417 g/mol. The Morgan fingerprint density at radius 1 is 0.900 bits per heavy atom. The van der Waals surface area contributed by atoms with Gasteiger partial charge in [0, 0.05) is 52.9 Å². The molecule has 1 aromatic carbocycles. The first kappa shape index (κ1) is 18.2. The first-order chi connectivity index (χ1) is 14.6. The Hall–Kier alpha value is -3.85. The maximum absolute atomic E-state index is 13.6. The molecule has 4 heterocycles. The molecular weight excluding hydrogens is 402 g/mol. The van der Waals surface area contributed by atoms with Crippen molar-refractivity contribution in [2.24, 2.45) is 0 Å². The molecule has 0 aliphatic heterocycles. The van der Waals surface area contributed by atoms with E-state index in [1.54, 1.807) is 55.2 Å². The van der Waals surface area contributed by atoms with E-state index in [-0.39, 0.29) is 10.9 Å². The maximum atomic E-state index is 13.6. The molecule has 0 radical (unpaired) electrons. The molecule has 0 amide bonds. The molecule has 148 valence electrons. The van der Waals surface area contributed by atoms with Crippen LogP contribution >= 0.6 is 0 Å². The summed E-state index contributed by atoms with van der Waals surface area (Å²) in [5, 5.41) is 1.41. The second kappa shape index (κ2) is 6.89. The molecule has 0 unspecified atom stereocenters. The van der Waals surface area contributed by atoms with Crippen molar-refractivity contribution in [3.63, 3.8) is 0 Å². The van der Waals surface area contributed by atoms with Crippen LogP contribution in [0.5, 0.6) is 6.01 Å². The Morgan fingerprint density at radius 2 is 1.63 bits per heavy atom. The van der Waals surface area contributed by atoms with Gasteiger partial charge in [0.05, 0.1) is 12.6 Å². The van der Waals surface area contributed by atoms with Crippen LogP contribution in [0.4, 0.5) is 0 Å². The number of benzene rings is 1. The molecule has 0 saturated carbocycles. The molecule has 30 heavy (non-hydrogen) atoms. The van der Waals surface area contributed by atoms with E-state index >= 15 is 0 Å². The van der Waals surface area contributed by atoms with E-state index in [0.29, 0.717) is 27.7 Å². The van der Waals surface area contributed by atoms with E-state index in [4.69, 9.17) is 4.74 Å². The summed E-state index contributed by atoms with van der Waals surface area (Å²) >= 11 is 0. The zero-order valence-corrected chi connectivity index (χ0v) is 16.6. The van der Waals surface area contributed by atoms with Crippen LogP contribution in [0, 0.1) is 0 Å². The molecule has 9 heteroatoms. The molecule has 0 aliphatic rings. The number of hydrogen-bond acceptors (Lipinski definition) is 7. The molecule has 0 N–H and O–H groups in total. The van der Waals surface area contributed by atoms with E-state index < -0.39 is 10.0 Å². The third kappa shape index (κ3) is 2.79. The lowest BCUT2D eigenvalue weighted by atomic mass is 10.1. The van der Waals surface area contributed by atoms with Crippen molar-refractivity contribution in [1.29, 1.82) is 0 Å². The molecule has 0 atom stereocenters. The number of para-hydroxylation sites is 1. The van der Waals surface area contributed by atoms with Gasteiger partial charge in [0.2, 0.25) is 0 Å². The van der Waals surface area contributed by atoms with Crippen LogP contribution in [0.15, 0.2) is 78.3 Å². The maximum Gasteiger partial charge on any atom is 0.316 e. The van der Waals surface area contributed by atoms with Crippen molar-refractivity contribution in [3.05, 3.63) is 73.4 Å². The van der Waals surface area contributed by atoms with Crippen molar-refractivity contribution in [3.8, 4) is 17.1 Å². The molecule has 0 saturated heterocycles. The van der Waals surface area contributed by atoms with Gasteiger partial charge < -0.3 is 4.74 Å². The summed E-state index contributed by atoms with van der Waals surface area (Å²) in [6, 6.07) is 12.5. The second-order valence-electron chi connectivity index (χ2n) is 6.51. The Balaban J connectivity index is 1.76. The zero-order chi connectivity index (χ0) is 20.7. The molecule has 8 nitrogen and oxygen atoms in total. The van der Waals surface area contributed by atoms with Gasteiger partial charge in [-0.2, -0.15) is 0 Å². The molecule has 5 aromatic rings. The highest BCUT2D eigenvalue weighted by Crippen LogP contribution is 2.33. The summed E-state index contributed by atoms with van der Waals surface area (Å²) in [5.41, 5.74) is 2.03. The van der Waals surface area contributed by atoms with Gasteiger partial charge >= 0.3 is 6.01 Å². The first-order valence-corrected chi connectivity index (χ1v) is 10.5. The fourth-order valence-corrected chi connectivity index (χ4v) is 4.89. The topological polar surface area (TPSA) is 99.9 Å². The van der Waals surface area contributed by atoms with Gasteiger partial charge in [-0.1, -0.05) is 18.2 Å². The number of pyridine rings is 2. The zero-order valence-electron chi connectivity index (χ0n) is 15.8. The number of methoxy groups -OCH3 is 1. The summed E-state index contributed by atoms with van der Waals surface area (Å²) in [6.07, 6.45) is 7.85. The van der Waals surface area contributed by atoms with Gasteiger partial charge in [-0.25, -0.2) is 27.3 Å². The highest BCUT2D eigenvalue weighted by Gasteiger charge is 2.25. The lowest BCUT2D eigenvalue weighted by Crippen LogP contribution is -2.13. The van der Waals surface area contributed by atoms with Crippen LogP contribution in [0.25, 0.3) is 33.1 Å². The van der Waals surface area contributed by atoms with Gasteiger partial charge in [0.1, 0.15) is 4.90 Å². The quantitative estimate of drug-likeness (QED) is 0.442. The lowest BCUT2D eigenvalue weighted by molar-refractivity contribution is 0.380. The molecule has 0 bridgehead atoms.